The number of carbonyl (C=O) groups is 1. The average molecular weight is 282 g/mol. The van der Waals surface area contributed by atoms with Crippen molar-refractivity contribution in [2.24, 2.45) is 0 Å². The topological polar surface area (TPSA) is 41.1 Å². The van der Waals surface area contributed by atoms with Gasteiger partial charge in [-0.3, -0.25) is 4.79 Å². The molecule has 0 unspecified atom stereocenters. The van der Waals surface area contributed by atoms with Crippen LogP contribution >= 0.6 is 0 Å². The second-order valence-electron chi connectivity index (χ2n) is 5.25. The van der Waals surface area contributed by atoms with Gasteiger partial charge in [0.15, 0.2) is 0 Å². The molecule has 3 nitrogen and oxygen atoms in total. The van der Waals surface area contributed by atoms with E-state index in [9.17, 15) is 4.79 Å². The summed E-state index contributed by atoms with van der Waals surface area (Å²) in [6, 6.07) is 16.3. The molecule has 1 amide bonds. The maximum Gasteiger partial charge on any atom is 0.222 e. The van der Waals surface area contributed by atoms with Crippen LogP contribution in [0.5, 0.6) is 0 Å². The molecule has 0 fully saturated rings. The fourth-order valence-electron chi connectivity index (χ4n) is 2.08. The largest absolute Gasteiger partial charge is 0.384 e. The number of hydrogen-bond acceptors (Lipinski definition) is 2. The minimum Gasteiger partial charge on any atom is -0.384 e. The lowest BCUT2D eigenvalue weighted by atomic mass is 10.1. The molecule has 0 aliphatic heterocycles. The molecule has 3 heteroatoms. The Morgan fingerprint density at radius 1 is 1.00 bits per heavy atom. The molecule has 2 aromatic carbocycles. The molecule has 0 aliphatic carbocycles. The first-order valence-corrected chi connectivity index (χ1v) is 7.27. The van der Waals surface area contributed by atoms with Crippen LogP contribution in [-0.4, -0.2) is 12.5 Å². The van der Waals surface area contributed by atoms with Crippen molar-refractivity contribution in [2.75, 3.05) is 11.9 Å². The van der Waals surface area contributed by atoms with Crippen LogP contribution in [0.25, 0.3) is 0 Å². The number of aryl methyl sites for hydroxylation is 2. The summed E-state index contributed by atoms with van der Waals surface area (Å²) in [6.45, 7) is 5.34. The van der Waals surface area contributed by atoms with Crippen molar-refractivity contribution < 1.29 is 4.79 Å². The SMILES string of the molecule is Cc1ccc(CNC(=O)CCNc2ccccc2C)cc1. The van der Waals surface area contributed by atoms with E-state index in [1.165, 1.54) is 11.1 Å². The van der Waals surface area contributed by atoms with Crippen LogP contribution < -0.4 is 10.6 Å². The monoisotopic (exact) mass is 282 g/mol. The number of benzene rings is 2. The highest BCUT2D eigenvalue weighted by molar-refractivity contribution is 5.76. The van der Waals surface area contributed by atoms with E-state index in [2.05, 4.69) is 42.7 Å². The third-order valence-corrected chi connectivity index (χ3v) is 3.42. The summed E-state index contributed by atoms with van der Waals surface area (Å²) in [5.41, 5.74) is 4.63. The molecule has 0 atom stereocenters. The Morgan fingerprint density at radius 3 is 2.43 bits per heavy atom. The molecule has 0 saturated heterocycles. The number of carbonyl (C=O) groups excluding carboxylic acids is 1. The van der Waals surface area contributed by atoms with E-state index in [1.54, 1.807) is 0 Å². The van der Waals surface area contributed by atoms with Gasteiger partial charge in [-0.25, -0.2) is 0 Å². The summed E-state index contributed by atoms with van der Waals surface area (Å²) >= 11 is 0. The number of nitrogens with one attached hydrogen (secondary N) is 2. The molecule has 0 bridgehead atoms. The van der Waals surface area contributed by atoms with Crippen LogP contribution in [0.15, 0.2) is 48.5 Å². The third-order valence-electron chi connectivity index (χ3n) is 3.42. The van der Waals surface area contributed by atoms with Gasteiger partial charge in [0.2, 0.25) is 5.91 Å². The molecule has 0 aromatic heterocycles. The molecular formula is C18H22N2O. The molecule has 21 heavy (non-hydrogen) atoms. The number of hydrogen-bond donors (Lipinski definition) is 2. The van der Waals surface area contributed by atoms with Gasteiger partial charge in [0.25, 0.3) is 0 Å². The van der Waals surface area contributed by atoms with Gasteiger partial charge in [0, 0.05) is 25.2 Å². The normalized spacial score (nSPS) is 10.2. The zero-order valence-corrected chi connectivity index (χ0v) is 12.6. The summed E-state index contributed by atoms with van der Waals surface area (Å²) < 4.78 is 0. The summed E-state index contributed by atoms with van der Waals surface area (Å²) in [7, 11) is 0. The zero-order valence-electron chi connectivity index (χ0n) is 12.6. The van der Waals surface area contributed by atoms with E-state index in [0.29, 0.717) is 19.5 Å². The standard InChI is InChI=1S/C18H22N2O/c1-14-7-9-16(10-8-14)13-20-18(21)11-12-19-17-6-4-3-5-15(17)2/h3-10,19H,11-13H2,1-2H3,(H,20,21). The Morgan fingerprint density at radius 2 is 1.71 bits per heavy atom. The molecule has 0 saturated carbocycles. The van der Waals surface area contributed by atoms with Gasteiger partial charge < -0.3 is 10.6 Å². The molecule has 0 aliphatic rings. The lowest BCUT2D eigenvalue weighted by molar-refractivity contribution is -0.121. The lowest BCUT2D eigenvalue weighted by Crippen LogP contribution is -2.24. The molecular weight excluding hydrogens is 260 g/mol. The van der Waals surface area contributed by atoms with Crippen molar-refractivity contribution in [1.82, 2.24) is 5.32 Å². The van der Waals surface area contributed by atoms with Crippen LogP contribution in [0.4, 0.5) is 5.69 Å². The summed E-state index contributed by atoms with van der Waals surface area (Å²) in [4.78, 5) is 11.8. The van der Waals surface area contributed by atoms with Gasteiger partial charge in [-0.15, -0.1) is 0 Å². The minimum absolute atomic E-state index is 0.0664. The first-order valence-electron chi connectivity index (χ1n) is 7.27. The van der Waals surface area contributed by atoms with Gasteiger partial charge in [0.1, 0.15) is 0 Å². The van der Waals surface area contributed by atoms with Gasteiger partial charge in [-0.1, -0.05) is 48.0 Å². The van der Waals surface area contributed by atoms with Gasteiger partial charge in [-0.2, -0.15) is 0 Å². The van der Waals surface area contributed by atoms with E-state index in [4.69, 9.17) is 0 Å². The Labute approximate surface area is 126 Å². The molecule has 2 N–H and O–H groups in total. The Bertz CT molecular complexity index is 590. The summed E-state index contributed by atoms with van der Waals surface area (Å²) in [5.74, 6) is 0.0664. The van der Waals surface area contributed by atoms with E-state index >= 15 is 0 Å². The summed E-state index contributed by atoms with van der Waals surface area (Å²) in [6.07, 6.45) is 0.472. The van der Waals surface area contributed by atoms with Crippen LogP contribution in [0, 0.1) is 13.8 Å². The lowest BCUT2D eigenvalue weighted by Gasteiger charge is -2.09. The maximum absolute atomic E-state index is 11.8. The van der Waals surface area contributed by atoms with E-state index < -0.39 is 0 Å². The number of anilines is 1. The molecule has 0 radical (unpaired) electrons. The predicted octanol–water partition coefficient (Wildman–Crippen LogP) is 3.42. The van der Waals surface area contributed by atoms with Crippen molar-refractivity contribution >= 4 is 11.6 Å². The second kappa shape index (κ2) is 7.48. The fourth-order valence-corrected chi connectivity index (χ4v) is 2.08. The van der Waals surface area contributed by atoms with Crippen molar-refractivity contribution in [2.45, 2.75) is 26.8 Å². The van der Waals surface area contributed by atoms with Crippen molar-refractivity contribution in [3.63, 3.8) is 0 Å². The predicted molar refractivity (Wildman–Crippen MR) is 87.3 cm³/mol. The van der Waals surface area contributed by atoms with E-state index in [-0.39, 0.29) is 5.91 Å². The second-order valence-corrected chi connectivity index (χ2v) is 5.25. The van der Waals surface area contributed by atoms with Crippen molar-refractivity contribution in [3.8, 4) is 0 Å². The number of para-hydroxylation sites is 1. The van der Waals surface area contributed by atoms with E-state index in [0.717, 1.165) is 11.3 Å². The van der Waals surface area contributed by atoms with Crippen molar-refractivity contribution in [3.05, 3.63) is 65.2 Å². The van der Waals surface area contributed by atoms with Crippen LogP contribution in [0.2, 0.25) is 0 Å². The number of amides is 1. The van der Waals surface area contributed by atoms with E-state index in [1.807, 2.05) is 30.3 Å². The van der Waals surface area contributed by atoms with Crippen LogP contribution in [0.3, 0.4) is 0 Å². The average Bonchev–Trinajstić information content (AvgIpc) is 2.49. The Hall–Kier alpha value is -2.29. The van der Waals surface area contributed by atoms with Gasteiger partial charge in [-0.05, 0) is 31.0 Å². The first-order chi connectivity index (χ1) is 10.1. The first kappa shape index (κ1) is 15.1. The summed E-state index contributed by atoms with van der Waals surface area (Å²) in [5, 5.41) is 6.23. The molecule has 2 aromatic rings. The molecule has 2 rings (SSSR count). The molecule has 0 spiro atoms. The third kappa shape index (κ3) is 4.95. The highest BCUT2D eigenvalue weighted by atomic mass is 16.1. The Balaban J connectivity index is 1.70. The highest BCUT2D eigenvalue weighted by Crippen LogP contribution is 2.12. The fraction of sp³-hybridized carbons (Fsp3) is 0.278. The highest BCUT2D eigenvalue weighted by Gasteiger charge is 2.02. The maximum atomic E-state index is 11.8. The van der Waals surface area contributed by atoms with Crippen LogP contribution in [0.1, 0.15) is 23.1 Å². The Kier molecular flexibility index (Phi) is 5.38. The van der Waals surface area contributed by atoms with Gasteiger partial charge >= 0.3 is 0 Å². The molecule has 0 heterocycles. The van der Waals surface area contributed by atoms with Crippen molar-refractivity contribution in [1.29, 1.82) is 0 Å². The number of rotatable bonds is 6. The molecule has 110 valence electrons. The minimum atomic E-state index is 0.0664. The van der Waals surface area contributed by atoms with Gasteiger partial charge in [0.05, 0.1) is 0 Å². The smallest absolute Gasteiger partial charge is 0.222 e. The van der Waals surface area contributed by atoms with Crippen LogP contribution in [-0.2, 0) is 11.3 Å². The zero-order chi connectivity index (χ0) is 15.1. The quantitative estimate of drug-likeness (QED) is 0.852.